The molecule has 2 saturated heterocycles. The molecule has 2 rings (SSSR count). The van der Waals surface area contributed by atoms with Gasteiger partial charge in [-0.1, -0.05) is 0 Å². The minimum atomic E-state index is -5.76. The maximum absolute atomic E-state index is 12.6. The topological polar surface area (TPSA) is 59.1 Å². The van der Waals surface area contributed by atoms with E-state index in [4.69, 9.17) is 4.74 Å². The lowest BCUT2D eigenvalue weighted by atomic mass is 9.85. The zero-order chi connectivity index (χ0) is 22.3. The van der Waals surface area contributed by atoms with E-state index in [9.17, 15) is 35.9 Å². The van der Waals surface area contributed by atoms with Gasteiger partial charge in [-0.3, -0.25) is 0 Å². The molecule has 6 nitrogen and oxygen atoms in total. The number of carbonyl (C=O) groups excluding carboxylic acids is 2. The molecule has 0 radical (unpaired) electrons. The number of rotatable bonds is 1. The van der Waals surface area contributed by atoms with Crippen LogP contribution in [0.5, 0.6) is 0 Å². The Hall–Kier alpha value is -1.88. The summed E-state index contributed by atoms with van der Waals surface area (Å²) in [5.74, 6) is 0. The quantitative estimate of drug-likeness (QED) is 0.571. The number of ether oxygens (including phenoxy) is 2. The maximum atomic E-state index is 12.6. The number of hydrogen-bond acceptors (Lipinski definition) is 4. The number of nitrogens with zero attached hydrogens (tertiary/aromatic N) is 2. The molecule has 168 valence electrons. The highest BCUT2D eigenvalue weighted by molar-refractivity contribution is 5.70. The maximum Gasteiger partial charge on any atom is 0.434 e. The summed E-state index contributed by atoms with van der Waals surface area (Å²) in [5.41, 5.74) is -1.35. The summed E-state index contributed by atoms with van der Waals surface area (Å²) in [7, 11) is 0. The predicted molar refractivity (Wildman–Crippen MR) is 88.1 cm³/mol. The van der Waals surface area contributed by atoms with Crippen molar-refractivity contribution in [2.24, 2.45) is 0 Å². The molecule has 0 N–H and O–H groups in total. The van der Waals surface area contributed by atoms with Gasteiger partial charge in [-0.25, -0.2) is 9.59 Å². The second-order valence-corrected chi connectivity index (χ2v) is 8.29. The Kier molecular flexibility index (Phi) is 6.25. The predicted octanol–water partition coefficient (Wildman–Crippen LogP) is 4.48. The summed E-state index contributed by atoms with van der Waals surface area (Å²) in [5, 5.41) is 0. The van der Waals surface area contributed by atoms with Crippen molar-refractivity contribution in [3.8, 4) is 0 Å². The summed E-state index contributed by atoms with van der Waals surface area (Å²) in [6.45, 7) is 5.32. The SMILES string of the molecule is CC(C)(C)OC(=O)N1CCCC12CCN(C(=O)OC(C(F)(F)F)C(F)(F)F)CC2. The van der Waals surface area contributed by atoms with E-state index in [0.717, 1.165) is 4.90 Å². The second-order valence-electron chi connectivity index (χ2n) is 8.29. The molecule has 0 bridgehead atoms. The summed E-state index contributed by atoms with van der Waals surface area (Å²) < 4.78 is 84.6. The summed E-state index contributed by atoms with van der Waals surface area (Å²) in [6, 6.07) is 0. The van der Waals surface area contributed by atoms with Gasteiger partial charge in [0.1, 0.15) is 5.60 Å². The van der Waals surface area contributed by atoms with Gasteiger partial charge in [0, 0.05) is 25.2 Å². The van der Waals surface area contributed by atoms with E-state index in [1.54, 1.807) is 25.7 Å². The lowest BCUT2D eigenvalue weighted by Gasteiger charge is -2.44. The fourth-order valence-corrected chi connectivity index (χ4v) is 3.66. The normalized spacial score (nSPS) is 20.3. The fourth-order valence-electron chi connectivity index (χ4n) is 3.66. The first-order valence-corrected chi connectivity index (χ1v) is 9.15. The minimum Gasteiger partial charge on any atom is -0.444 e. The first kappa shape index (κ1) is 23.4. The summed E-state index contributed by atoms with van der Waals surface area (Å²) >= 11 is 0. The standard InChI is InChI=1S/C17H24F6N2O4/c1-14(2,3)29-13(27)25-8-4-5-15(25)6-9-24(10-7-15)12(26)28-11(16(18,19)20)17(21,22)23/h11H,4-10H2,1-3H3. The van der Waals surface area contributed by atoms with Crippen LogP contribution in [0.1, 0.15) is 46.5 Å². The van der Waals surface area contributed by atoms with Gasteiger partial charge in [0.15, 0.2) is 0 Å². The van der Waals surface area contributed by atoms with Crippen LogP contribution in [0.15, 0.2) is 0 Å². The highest BCUT2D eigenvalue weighted by Crippen LogP contribution is 2.40. The van der Waals surface area contributed by atoms with Crippen LogP contribution in [0.25, 0.3) is 0 Å². The van der Waals surface area contributed by atoms with Gasteiger partial charge in [-0.05, 0) is 46.5 Å². The Morgan fingerprint density at radius 1 is 0.862 bits per heavy atom. The van der Waals surface area contributed by atoms with E-state index >= 15 is 0 Å². The third-order valence-electron chi connectivity index (χ3n) is 4.98. The molecule has 12 heteroatoms. The molecule has 2 heterocycles. The molecular weight excluding hydrogens is 410 g/mol. The monoisotopic (exact) mass is 434 g/mol. The second kappa shape index (κ2) is 7.75. The first-order valence-electron chi connectivity index (χ1n) is 9.15. The largest absolute Gasteiger partial charge is 0.444 e. The molecule has 29 heavy (non-hydrogen) atoms. The Labute approximate surface area is 164 Å². The summed E-state index contributed by atoms with van der Waals surface area (Å²) in [4.78, 5) is 26.7. The molecule has 0 aromatic rings. The van der Waals surface area contributed by atoms with Crippen molar-refractivity contribution in [3.05, 3.63) is 0 Å². The van der Waals surface area contributed by atoms with E-state index in [1.807, 2.05) is 0 Å². The van der Waals surface area contributed by atoms with Gasteiger partial charge >= 0.3 is 24.5 Å². The van der Waals surface area contributed by atoms with Crippen LogP contribution >= 0.6 is 0 Å². The van der Waals surface area contributed by atoms with Gasteiger partial charge in [-0.15, -0.1) is 0 Å². The van der Waals surface area contributed by atoms with Gasteiger partial charge in [-0.2, -0.15) is 26.3 Å². The smallest absolute Gasteiger partial charge is 0.434 e. The van der Waals surface area contributed by atoms with Crippen molar-refractivity contribution in [1.82, 2.24) is 9.80 Å². The highest BCUT2D eigenvalue weighted by atomic mass is 19.4. The lowest BCUT2D eigenvalue weighted by Crippen LogP contribution is -2.56. The Morgan fingerprint density at radius 3 is 1.83 bits per heavy atom. The van der Waals surface area contributed by atoms with Crippen LogP contribution in [0.3, 0.4) is 0 Å². The van der Waals surface area contributed by atoms with Crippen LogP contribution in [0.2, 0.25) is 0 Å². The van der Waals surface area contributed by atoms with Crippen LogP contribution < -0.4 is 0 Å². The Balaban J connectivity index is 2.02. The average molecular weight is 434 g/mol. The van der Waals surface area contributed by atoms with E-state index in [2.05, 4.69) is 4.74 Å². The van der Waals surface area contributed by atoms with Crippen LogP contribution in [0.4, 0.5) is 35.9 Å². The lowest BCUT2D eigenvalue weighted by molar-refractivity contribution is -0.308. The minimum absolute atomic E-state index is 0.124. The number of hydrogen-bond donors (Lipinski definition) is 0. The molecule has 1 spiro atoms. The highest BCUT2D eigenvalue weighted by Gasteiger charge is 2.60. The van der Waals surface area contributed by atoms with Crippen LogP contribution in [-0.2, 0) is 9.47 Å². The molecule has 0 aromatic carbocycles. The number of amides is 2. The van der Waals surface area contributed by atoms with Crippen molar-refractivity contribution in [2.45, 2.75) is 76.1 Å². The van der Waals surface area contributed by atoms with Crippen molar-refractivity contribution in [3.63, 3.8) is 0 Å². The van der Waals surface area contributed by atoms with Gasteiger partial charge < -0.3 is 19.3 Å². The van der Waals surface area contributed by atoms with Gasteiger partial charge in [0.25, 0.3) is 6.10 Å². The van der Waals surface area contributed by atoms with Crippen molar-refractivity contribution in [2.75, 3.05) is 19.6 Å². The fraction of sp³-hybridized carbons (Fsp3) is 0.882. The Bertz CT molecular complexity index is 607. The molecule has 2 aliphatic rings. The third-order valence-corrected chi connectivity index (χ3v) is 4.98. The third kappa shape index (κ3) is 5.59. The van der Waals surface area contributed by atoms with Gasteiger partial charge in [0.05, 0.1) is 0 Å². The molecule has 0 aliphatic carbocycles. The van der Waals surface area contributed by atoms with Crippen LogP contribution in [-0.4, -0.2) is 71.2 Å². The number of piperidine rings is 1. The van der Waals surface area contributed by atoms with E-state index in [1.165, 1.54) is 0 Å². The Morgan fingerprint density at radius 2 is 1.38 bits per heavy atom. The molecule has 2 amide bonds. The molecule has 2 aliphatic heterocycles. The number of likely N-dealkylation sites (tertiary alicyclic amines) is 2. The first-order chi connectivity index (χ1) is 13.1. The van der Waals surface area contributed by atoms with Gasteiger partial charge in [0.2, 0.25) is 0 Å². The molecule has 0 saturated carbocycles. The zero-order valence-corrected chi connectivity index (χ0v) is 16.3. The molecule has 0 aromatic heterocycles. The molecule has 0 unspecified atom stereocenters. The summed E-state index contributed by atoms with van der Waals surface area (Å²) in [6.07, 6.45) is -16.2. The number of carbonyl (C=O) groups is 2. The van der Waals surface area contributed by atoms with Crippen molar-refractivity contribution < 1.29 is 45.4 Å². The van der Waals surface area contributed by atoms with E-state index < -0.39 is 41.8 Å². The molecule has 2 fully saturated rings. The van der Waals surface area contributed by atoms with Crippen LogP contribution in [0, 0.1) is 0 Å². The zero-order valence-electron chi connectivity index (χ0n) is 16.3. The number of halogens is 6. The van der Waals surface area contributed by atoms with E-state index in [-0.39, 0.29) is 25.9 Å². The van der Waals surface area contributed by atoms with Crippen molar-refractivity contribution >= 4 is 12.2 Å². The van der Waals surface area contributed by atoms with E-state index in [0.29, 0.717) is 19.4 Å². The molecular formula is C17H24F6N2O4. The number of alkyl halides is 6. The van der Waals surface area contributed by atoms with Crippen molar-refractivity contribution in [1.29, 1.82) is 0 Å². The average Bonchev–Trinajstić information content (AvgIpc) is 2.92. The molecule has 0 atom stereocenters.